The second kappa shape index (κ2) is 6.09. The van der Waals surface area contributed by atoms with Gasteiger partial charge in [0.05, 0.1) is 17.4 Å². The molecule has 20 heavy (non-hydrogen) atoms. The second-order valence-corrected chi connectivity index (χ2v) is 5.72. The molecule has 112 valence electrons. The van der Waals surface area contributed by atoms with Crippen molar-refractivity contribution >= 4 is 11.8 Å². The number of aliphatic hydroxyl groups is 1. The highest BCUT2D eigenvalue weighted by Gasteiger charge is 2.36. The summed E-state index contributed by atoms with van der Waals surface area (Å²) in [5.41, 5.74) is -1.80. The molecule has 1 aromatic rings. The normalized spacial score (nSPS) is 12.1. The highest BCUT2D eigenvalue weighted by molar-refractivity contribution is 5.91. The van der Waals surface area contributed by atoms with E-state index in [1.165, 1.54) is 6.26 Å². The lowest BCUT2D eigenvalue weighted by molar-refractivity contribution is -0.126. The van der Waals surface area contributed by atoms with Crippen molar-refractivity contribution in [3.63, 3.8) is 0 Å². The van der Waals surface area contributed by atoms with Crippen molar-refractivity contribution in [2.45, 2.75) is 45.3 Å². The van der Waals surface area contributed by atoms with E-state index in [1.807, 2.05) is 0 Å². The van der Waals surface area contributed by atoms with Crippen LogP contribution in [0.5, 0.6) is 0 Å². The van der Waals surface area contributed by atoms with Crippen molar-refractivity contribution in [2.24, 2.45) is 0 Å². The van der Waals surface area contributed by atoms with Crippen LogP contribution in [0.1, 0.15) is 44.7 Å². The van der Waals surface area contributed by atoms with E-state index in [0.29, 0.717) is 0 Å². The van der Waals surface area contributed by atoms with Crippen LogP contribution in [0.4, 0.5) is 0 Å². The Morgan fingerprint density at radius 3 is 2.45 bits per heavy atom. The summed E-state index contributed by atoms with van der Waals surface area (Å²) in [7, 11) is 0. The van der Waals surface area contributed by atoms with Gasteiger partial charge in [0.1, 0.15) is 0 Å². The average molecular weight is 282 g/mol. The van der Waals surface area contributed by atoms with Crippen LogP contribution in [0, 0.1) is 0 Å². The number of carbonyl (C=O) groups excluding carboxylic acids is 2. The second-order valence-electron chi connectivity index (χ2n) is 5.72. The van der Waals surface area contributed by atoms with Gasteiger partial charge in [-0.3, -0.25) is 9.59 Å². The first kappa shape index (κ1) is 16.2. The predicted octanol–water partition coefficient (Wildman–Crippen LogP) is 1.07. The SMILES string of the molecule is CC(C)(O)C(C)(C)NC(=O)CCNC(=O)c1ccco1. The molecule has 0 spiro atoms. The molecule has 0 aliphatic carbocycles. The van der Waals surface area contributed by atoms with Gasteiger partial charge in [0.2, 0.25) is 5.91 Å². The summed E-state index contributed by atoms with van der Waals surface area (Å²) in [6, 6.07) is 3.17. The van der Waals surface area contributed by atoms with Crippen LogP contribution in [-0.4, -0.2) is 34.6 Å². The van der Waals surface area contributed by atoms with E-state index < -0.39 is 11.1 Å². The molecule has 2 amide bonds. The van der Waals surface area contributed by atoms with Gasteiger partial charge in [0, 0.05) is 13.0 Å². The maximum absolute atomic E-state index is 11.8. The molecule has 6 nitrogen and oxygen atoms in total. The molecule has 0 aliphatic rings. The topological polar surface area (TPSA) is 91.6 Å². The monoisotopic (exact) mass is 282 g/mol. The largest absolute Gasteiger partial charge is 0.459 e. The summed E-state index contributed by atoms with van der Waals surface area (Å²) in [4.78, 5) is 23.3. The summed E-state index contributed by atoms with van der Waals surface area (Å²) >= 11 is 0. The van der Waals surface area contributed by atoms with Gasteiger partial charge in [-0.15, -0.1) is 0 Å². The highest BCUT2D eigenvalue weighted by Crippen LogP contribution is 2.20. The lowest BCUT2D eigenvalue weighted by atomic mass is 9.86. The Bertz CT molecular complexity index is 458. The van der Waals surface area contributed by atoms with Gasteiger partial charge in [0.15, 0.2) is 5.76 Å². The molecule has 3 N–H and O–H groups in total. The van der Waals surface area contributed by atoms with Crippen LogP contribution in [0.3, 0.4) is 0 Å². The Hall–Kier alpha value is -1.82. The lowest BCUT2D eigenvalue weighted by Crippen LogP contribution is -2.58. The smallest absolute Gasteiger partial charge is 0.286 e. The Labute approximate surface area is 118 Å². The first-order chi connectivity index (χ1) is 9.13. The molecule has 0 fully saturated rings. The Balaban J connectivity index is 2.36. The third-order valence-electron chi connectivity index (χ3n) is 3.36. The van der Waals surface area contributed by atoms with Crippen molar-refractivity contribution in [3.05, 3.63) is 24.2 Å². The van der Waals surface area contributed by atoms with Crippen LogP contribution in [0.2, 0.25) is 0 Å². The molecule has 1 rings (SSSR count). The quantitative estimate of drug-likeness (QED) is 0.727. The number of hydrogen-bond acceptors (Lipinski definition) is 4. The lowest BCUT2D eigenvalue weighted by Gasteiger charge is -2.38. The van der Waals surface area contributed by atoms with Gasteiger partial charge in [-0.25, -0.2) is 0 Å². The Morgan fingerprint density at radius 2 is 1.95 bits per heavy atom. The average Bonchev–Trinajstić information content (AvgIpc) is 2.79. The molecule has 0 saturated carbocycles. The number of rotatable bonds is 6. The van der Waals surface area contributed by atoms with Gasteiger partial charge >= 0.3 is 0 Å². The fraction of sp³-hybridized carbons (Fsp3) is 0.571. The van der Waals surface area contributed by atoms with Crippen LogP contribution < -0.4 is 10.6 Å². The van der Waals surface area contributed by atoms with Gasteiger partial charge in [-0.2, -0.15) is 0 Å². The van der Waals surface area contributed by atoms with E-state index in [9.17, 15) is 14.7 Å². The number of hydrogen-bond donors (Lipinski definition) is 3. The summed E-state index contributed by atoms with van der Waals surface area (Å²) < 4.78 is 4.93. The van der Waals surface area contributed by atoms with E-state index in [2.05, 4.69) is 10.6 Å². The van der Waals surface area contributed by atoms with Crippen molar-refractivity contribution in [1.82, 2.24) is 10.6 Å². The number of carbonyl (C=O) groups is 2. The minimum atomic E-state index is -1.04. The first-order valence-corrected chi connectivity index (χ1v) is 6.48. The molecule has 0 bridgehead atoms. The number of amides is 2. The van der Waals surface area contributed by atoms with Crippen molar-refractivity contribution in [2.75, 3.05) is 6.54 Å². The zero-order valence-electron chi connectivity index (χ0n) is 12.3. The van der Waals surface area contributed by atoms with Gasteiger partial charge in [0.25, 0.3) is 5.91 Å². The zero-order chi connectivity index (χ0) is 15.4. The Kier molecular flexibility index (Phi) is 4.94. The number of furan rings is 1. The molecule has 6 heteroatoms. The minimum absolute atomic E-state index is 0.131. The molecule has 0 saturated heterocycles. The third kappa shape index (κ3) is 4.38. The third-order valence-corrected chi connectivity index (χ3v) is 3.36. The zero-order valence-corrected chi connectivity index (χ0v) is 12.3. The number of nitrogens with one attached hydrogen (secondary N) is 2. The van der Waals surface area contributed by atoms with E-state index in [-0.39, 0.29) is 30.5 Å². The van der Waals surface area contributed by atoms with Crippen molar-refractivity contribution in [1.29, 1.82) is 0 Å². The van der Waals surface area contributed by atoms with E-state index >= 15 is 0 Å². The molecular formula is C14H22N2O4. The Morgan fingerprint density at radius 1 is 1.30 bits per heavy atom. The van der Waals surface area contributed by atoms with Crippen molar-refractivity contribution < 1.29 is 19.1 Å². The molecule has 0 unspecified atom stereocenters. The van der Waals surface area contributed by atoms with Crippen molar-refractivity contribution in [3.8, 4) is 0 Å². The van der Waals surface area contributed by atoms with E-state index in [0.717, 1.165) is 0 Å². The molecule has 1 heterocycles. The minimum Gasteiger partial charge on any atom is -0.459 e. The summed E-state index contributed by atoms with van der Waals surface area (Å²) in [6.07, 6.45) is 1.54. The summed E-state index contributed by atoms with van der Waals surface area (Å²) in [6.45, 7) is 6.95. The standard InChI is InChI=1S/C14H22N2O4/c1-13(2,14(3,4)19)16-11(17)7-8-15-12(18)10-6-5-9-20-10/h5-6,9,19H,7-8H2,1-4H3,(H,15,18)(H,16,17). The van der Waals surface area contributed by atoms with Crippen LogP contribution >= 0.6 is 0 Å². The predicted molar refractivity (Wildman–Crippen MR) is 74.2 cm³/mol. The first-order valence-electron chi connectivity index (χ1n) is 6.48. The molecule has 1 aromatic heterocycles. The summed E-state index contributed by atoms with van der Waals surface area (Å²) in [5.74, 6) is -0.386. The van der Waals surface area contributed by atoms with Gasteiger partial charge in [-0.05, 0) is 39.8 Å². The van der Waals surface area contributed by atoms with Gasteiger partial charge < -0.3 is 20.2 Å². The summed E-state index contributed by atoms with van der Waals surface area (Å²) in [5, 5.41) is 15.3. The fourth-order valence-corrected chi connectivity index (χ4v) is 1.35. The van der Waals surface area contributed by atoms with Crippen LogP contribution in [-0.2, 0) is 4.79 Å². The molecular weight excluding hydrogens is 260 g/mol. The highest BCUT2D eigenvalue weighted by atomic mass is 16.3. The van der Waals surface area contributed by atoms with Crippen LogP contribution in [0.15, 0.2) is 22.8 Å². The van der Waals surface area contributed by atoms with E-state index in [4.69, 9.17) is 4.42 Å². The molecule has 0 radical (unpaired) electrons. The van der Waals surface area contributed by atoms with Gasteiger partial charge in [-0.1, -0.05) is 0 Å². The molecule has 0 aliphatic heterocycles. The maximum Gasteiger partial charge on any atom is 0.286 e. The maximum atomic E-state index is 11.8. The molecule has 0 aromatic carbocycles. The fourth-order valence-electron chi connectivity index (χ4n) is 1.35. The molecule has 0 atom stereocenters. The van der Waals surface area contributed by atoms with E-state index in [1.54, 1.807) is 39.8 Å². The van der Waals surface area contributed by atoms with Crippen LogP contribution in [0.25, 0.3) is 0 Å².